The van der Waals surface area contributed by atoms with E-state index in [4.69, 9.17) is 0 Å². The van der Waals surface area contributed by atoms with Gasteiger partial charge >= 0.3 is 0 Å². The number of nitrogens with zero attached hydrogens (tertiary/aromatic N) is 2. The van der Waals surface area contributed by atoms with Gasteiger partial charge in [0.2, 0.25) is 11.0 Å². The van der Waals surface area contributed by atoms with Crippen molar-refractivity contribution in [2.45, 2.75) is 69.6 Å². The Labute approximate surface area is 175 Å². The number of rotatable bonds is 13. The predicted octanol–water partition coefficient (Wildman–Crippen LogP) is 5.76. The van der Waals surface area contributed by atoms with Gasteiger partial charge in [0, 0.05) is 12.0 Å². The standard InChI is InChI=1S/C21H29N3O2S2/c1-3-5-7-9-16-11-13-17(14-12-16)18(25)15-27-21-24-23-20(28-21)22-19(26)10-8-6-4-2/h11-14H,3-10,15H2,1-2H3,(H,22,23,26). The van der Waals surface area contributed by atoms with Crippen LogP contribution in [0, 0.1) is 0 Å². The molecule has 1 heterocycles. The Morgan fingerprint density at radius 3 is 2.43 bits per heavy atom. The third-order valence-corrected chi connectivity index (χ3v) is 6.30. The van der Waals surface area contributed by atoms with Gasteiger partial charge in [-0.25, -0.2) is 0 Å². The highest BCUT2D eigenvalue weighted by Crippen LogP contribution is 2.26. The minimum absolute atomic E-state index is 0.0312. The van der Waals surface area contributed by atoms with Gasteiger partial charge in [-0.3, -0.25) is 9.59 Å². The number of benzene rings is 1. The molecule has 7 heteroatoms. The molecule has 0 aliphatic rings. The first-order valence-corrected chi connectivity index (χ1v) is 11.8. The van der Waals surface area contributed by atoms with Crippen molar-refractivity contribution < 1.29 is 9.59 Å². The van der Waals surface area contributed by atoms with Gasteiger partial charge in [0.15, 0.2) is 10.1 Å². The third-order valence-electron chi connectivity index (χ3n) is 4.33. The van der Waals surface area contributed by atoms with Gasteiger partial charge in [0.1, 0.15) is 0 Å². The molecular weight excluding hydrogens is 390 g/mol. The van der Waals surface area contributed by atoms with E-state index < -0.39 is 0 Å². The van der Waals surface area contributed by atoms with E-state index in [9.17, 15) is 9.59 Å². The fourth-order valence-corrected chi connectivity index (χ4v) is 4.35. The Balaban J connectivity index is 1.76. The molecule has 0 aliphatic heterocycles. The Bertz CT molecular complexity index is 744. The maximum atomic E-state index is 12.4. The van der Waals surface area contributed by atoms with Crippen LogP contribution in [0.4, 0.5) is 5.13 Å². The number of hydrogen-bond acceptors (Lipinski definition) is 6. The van der Waals surface area contributed by atoms with E-state index in [0.29, 0.717) is 21.6 Å². The second-order valence-corrected chi connectivity index (χ2v) is 8.94. The number of anilines is 1. The van der Waals surface area contributed by atoms with Crippen LogP contribution in [-0.2, 0) is 11.2 Å². The Morgan fingerprint density at radius 1 is 1.00 bits per heavy atom. The SMILES string of the molecule is CCCCCC(=O)Nc1nnc(SCC(=O)c2ccc(CCCCC)cc2)s1. The zero-order valence-corrected chi connectivity index (χ0v) is 18.3. The number of carbonyl (C=O) groups excluding carboxylic acids is 2. The van der Waals surface area contributed by atoms with Gasteiger partial charge < -0.3 is 5.32 Å². The number of ketones is 1. The lowest BCUT2D eigenvalue weighted by atomic mass is 10.0. The lowest BCUT2D eigenvalue weighted by molar-refractivity contribution is -0.116. The fraction of sp³-hybridized carbons (Fsp3) is 0.524. The Hall–Kier alpha value is -1.73. The maximum Gasteiger partial charge on any atom is 0.226 e. The van der Waals surface area contributed by atoms with Gasteiger partial charge in [0.25, 0.3) is 0 Å². The minimum Gasteiger partial charge on any atom is -0.301 e. The smallest absolute Gasteiger partial charge is 0.226 e. The van der Waals surface area contributed by atoms with Gasteiger partial charge in [-0.15, -0.1) is 10.2 Å². The van der Waals surface area contributed by atoms with Crippen LogP contribution in [0.25, 0.3) is 0 Å². The van der Waals surface area contributed by atoms with E-state index in [1.807, 2.05) is 24.3 Å². The molecule has 0 fully saturated rings. The lowest BCUT2D eigenvalue weighted by Crippen LogP contribution is -2.10. The summed E-state index contributed by atoms with van der Waals surface area (Å²) >= 11 is 2.67. The molecule has 1 aromatic carbocycles. The summed E-state index contributed by atoms with van der Waals surface area (Å²) in [5.41, 5.74) is 2.00. The molecule has 0 saturated carbocycles. The highest BCUT2D eigenvalue weighted by atomic mass is 32.2. The molecule has 1 N–H and O–H groups in total. The van der Waals surface area contributed by atoms with Crippen molar-refractivity contribution >= 4 is 39.9 Å². The number of amides is 1. The van der Waals surface area contributed by atoms with Gasteiger partial charge in [-0.05, 0) is 24.8 Å². The molecule has 1 aromatic heterocycles. The van der Waals surface area contributed by atoms with Gasteiger partial charge in [0.05, 0.1) is 5.75 Å². The summed E-state index contributed by atoms with van der Waals surface area (Å²) in [5, 5.41) is 11.3. The molecule has 5 nitrogen and oxygen atoms in total. The number of aryl methyl sites for hydroxylation is 1. The van der Waals surface area contributed by atoms with Crippen molar-refractivity contribution in [1.29, 1.82) is 0 Å². The number of aromatic nitrogens is 2. The van der Waals surface area contributed by atoms with E-state index >= 15 is 0 Å². The molecule has 0 spiro atoms. The first kappa shape index (κ1) is 22.6. The van der Waals surface area contributed by atoms with Crippen LogP contribution < -0.4 is 5.32 Å². The molecule has 152 valence electrons. The second kappa shape index (κ2) is 12.7. The van der Waals surface area contributed by atoms with Crippen molar-refractivity contribution in [2.24, 2.45) is 0 Å². The first-order chi connectivity index (χ1) is 13.6. The number of hydrogen-bond donors (Lipinski definition) is 1. The van der Waals surface area contributed by atoms with Crippen LogP contribution in [0.15, 0.2) is 28.6 Å². The van der Waals surface area contributed by atoms with Crippen LogP contribution >= 0.6 is 23.1 Å². The zero-order valence-electron chi connectivity index (χ0n) is 16.7. The zero-order chi connectivity index (χ0) is 20.2. The van der Waals surface area contributed by atoms with Gasteiger partial charge in [-0.2, -0.15) is 0 Å². The lowest BCUT2D eigenvalue weighted by Gasteiger charge is -2.03. The summed E-state index contributed by atoms with van der Waals surface area (Å²) < 4.78 is 0.688. The summed E-state index contributed by atoms with van der Waals surface area (Å²) in [4.78, 5) is 24.2. The summed E-state index contributed by atoms with van der Waals surface area (Å²) in [7, 11) is 0. The first-order valence-electron chi connectivity index (χ1n) is 10.0. The molecule has 0 saturated heterocycles. The molecular formula is C21H29N3O2S2. The van der Waals surface area contributed by atoms with Crippen molar-refractivity contribution in [3.63, 3.8) is 0 Å². The molecule has 2 rings (SSSR count). The van der Waals surface area contributed by atoms with Crippen LogP contribution in [0.1, 0.15) is 74.7 Å². The predicted molar refractivity (Wildman–Crippen MR) is 117 cm³/mol. The van der Waals surface area contributed by atoms with Crippen molar-refractivity contribution in [3.8, 4) is 0 Å². The summed E-state index contributed by atoms with van der Waals surface area (Å²) in [6.45, 7) is 4.30. The van der Waals surface area contributed by atoms with Crippen LogP contribution in [-0.4, -0.2) is 27.6 Å². The van der Waals surface area contributed by atoms with E-state index in [0.717, 1.165) is 31.2 Å². The molecule has 0 radical (unpaired) electrons. The maximum absolute atomic E-state index is 12.4. The number of carbonyl (C=O) groups is 2. The van der Waals surface area contributed by atoms with Crippen molar-refractivity contribution in [2.75, 3.05) is 11.1 Å². The average molecular weight is 420 g/mol. The summed E-state index contributed by atoms with van der Waals surface area (Å²) in [6.07, 6.45) is 8.22. The highest BCUT2D eigenvalue weighted by Gasteiger charge is 2.12. The van der Waals surface area contributed by atoms with E-state index in [-0.39, 0.29) is 11.7 Å². The Kier molecular flexibility index (Phi) is 10.2. The summed E-state index contributed by atoms with van der Waals surface area (Å²) in [5.74, 6) is 0.357. The number of unbranched alkanes of at least 4 members (excludes halogenated alkanes) is 4. The molecule has 0 aliphatic carbocycles. The van der Waals surface area contributed by atoms with E-state index in [2.05, 4.69) is 29.4 Å². The monoisotopic (exact) mass is 419 g/mol. The van der Waals surface area contributed by atoms with Crippen LogP contribution in [0.3, 0.4) is 0 Å². The number of nitrogens with one attached hydrogen (secondary N) is 1. The molecule has 28 heavy (non-hydrogen) atoms. The van der Waals surface area contributed by atoms with E-state index in [1.165, 1.54) is 47.9 Å². The highest BCUT2D eigenvalue weighted by molar-refractivity contribution is 8.01. The van der Waals surface area contributed by atoms with Crippen molar-refractivity contribution in [3.05, 3.63) is 35.4 Å². The average Bonchev–Trinajstić information content (AvgIpc) is 3.14. The largest absolute Gasteiger partial charge is 0.301 e. The molecule has 0 atom stereocenters. The topological polar surface area (TPSA) is 72.0 Å². The fourth-order valence-electron chi connectivity index (χ4n) is 2.68. The van der Waals surface area contributed by atoms with Gasteiger partial charge in [-0.1, -0.05) is 86.9 Å². The normalized spacial score (nSPS) is 10.8. The second-order valence-electron chi connectivity index (χ2n) is 6.74. The summed E-state index contributed by atoms with van der Waals surface area (Å²) in [6, 6.07) is 7.91. The van der Waals surface area contributed by atoms with Crippen LogP contribution in [0.2, 0.25) is 0 Å². The quantitative estimate of drug-likeness (QED) is 0.193. The Morgan fingerprint density at radius 2 is 1.71 bits per heavy atom. The molecule has 0 bridgehead atoms. The molecule has 1 amide bonds. The molecule has 2 aromatic rings. The van der Waals surface area contributed by atoms with E-state index in [1.54, 1.807) is 0 Å². The number of thioether (sulfide) groups is 1. The van der Waals surface area contributed by atoms with Crippen LogP contribution in [0.5, 0.6) is 0 Å². The molecule has 0 unspecified atom stereocenters. The van der Waals surface area contributed by atoms with Crippen molar-refractivity contribution in [1.82, 2.24) is 10.2 Å². The number of Topliss-reactive ketones (excluding diaryl/α,β-unsaturated/α-hetero) is 1. The third kappa shape index (κ3) is 8.10. The minimum atomic E-state index is -0.0312.